The Morgan fingerprint density at radius 3 is 2.81 bits per heavy atom. The van der Waals surface area contributed by atoms with Gasteiger partial charge in [-0.25, -0.2) is 4.98 Å². The summed E-state index contributed by atoms with van der Waals surface area (Å²) in [7, 11) is 2.01. The fourth-order valence-electron chi connectivity index (χ4n) is 4.57. The lowest BCUT2D eigenvalue weighted by Crippen LogP contribution is -2.12. The van der Waals surface area contributed by atoms with Gasteiger partial charge in [-0.15, -0.1) is 0 Å². The molecule has 3 fully saturated rings. The average Bonchev–Trinajstić information content (AvgIpc) is 2.73. The molecule has 3 aliphatic carbocycles. The van der Waals surface area contributed by atoms with Crippen LogP contribution in [0.5, 0.6) is 0 Å². The smallest absolute Gasteiger partial charge is 0.0951 e. The molecule has 4 rings (SSSR count). The van der Waals surface area contributed by atoms with Crippen LogP contribution in [0.4, 0.5) is 0 Å². The van der Waals surface area contributed by atoms with Crippen LogP contribution < -0.4 is 5.32 Å². The van der Waals surface area contributed by atoms with Crippen LogP contribution >= 0.6 is 0 Å². The predicted octanol–water partition coefficient (Wildman–Crippen LogP) is 1.82. The van der Waals surface area contributed by atoms with Crippen LogP contribution in [0.25, 0.3) is 0 Å². The molecule has 2 bridgehead atoms. The first kappa shape index (κ1) is 9.23. The monoisotopic (exact) mass is 217 g/mol. The van der Waals surface area contributed by atoms with Gasteiger partial charge in [0.15, 0.2) is 0 Å². The third-order valence-electron chi connectivity index (χ3n) is 5.12. The Balaban J connectivity index is 1.61. The molecule has 4 atom stereocenters. The lowest BCUT2D eigenvalue weighted by atomic mass is 10.0. The zero-order valence-corrected chi connectivity index (χ0v) is 9.76. The van der Waals surface area contributed by atoms with Crippen molar-refractivity contribution in [2.45, 2.75) is 31.8 Å². The number of fused-ring (bicyclic) bond motifs is 5. The number of nitrogens with one attached hydrogen (secondary N) is 1. The summed E-state index contributed by atoms with van der Waals surface area (Å²) in [6.45, 7) is 0.950. The van der Waals surface area contributed by atoms with Crippen LogP contribution in [0.1, 0.15) is 31.0 Å². The molecule has 3 nitrogen and oxygen atoms in total. The fraction of sp³-hybridized carbons (Fsp3) is 0.769. The van der Waals surface area contributed by atoms with Crippen LogP contribution in [0.15, 0.2) is 12.5 Å². The minimum Gasteiger partial charge on any atom is -0.330 e. The summed E-state index contributed by atoms with van der Waals surface area (Å²) in [6, 6.07) is 0.803. The number of rotatable bonds is 3. The number of aromatic nitrogens is 2. The van der Waals surface area contributed by atoms with Crippen molar-refractivity contribution in [3.8, 4) is 0 Å². The van der Waals surface area contributed by atoms with Crippen molar-refractivity contribution in [1.29, 1.82) is 0 Å². The molecule has 0 spiro atoms. The molecule has 3 heteroatoms. The predicted molar refractivity (Wildman–Crippen MR) is 61.8 cm³/mol. The average molecular weight is 217 g/mol. The maximum atomic E-state index is 4.32. The second-order valence-electron chi connectivity index (χ2n) is 5.80. The summed E-state index contributed by atoms with van der Waals surface area (Å²) in [5.41, 5.74) is 1.36. The molecular formula is C13H19N3. The number of nitrogens with zero attached hydrogens (tertiary/aromatic N) is 2. The lowest BCUT2D eigenvalue weighted by molar-refractivity contribution is 0.445. The van der Waals surface area contributed by atoms with E-state index in [0.29, 0.717) is 0 Å². The topological polar surface area (TPSA) is 29.9 Å². The van der Waals surface area contributed by atoms with Crippen molar-refractivity contribution in [3.05, 3.63) is 18.2 Å². The Labute approximate surface area is 96.3 Å². The van der Waals surface area contributed by atoms with E-state index in [1.807, 2.05) is 13.2 Å². The molecule has 1 aromatic rings. The molecule has 16 heavy (non-hydrogen) atoms. The van der Waals surface area contributed by atoms with E-state index < -0.39 is 0 Å². The molecule has 3 saturated carbocycles. The molecule has 3 aliphatic rings. The van der Waals surface area contributed by atoms with Crippen LogP contribution in [-0.4, -0.2) is 16.6 Å². The second kappa shape index (κ2) is 3.10. The zero-order valence-electron chi connectivity index (χ0n) is 9.76. The van der Waals surface area contributed by atoms with E-state index in [1.54, 1.807) is 0 Å². The minimum absolute atomic E-state index is 0.803. The standard InChI is InChI=1S/C13H19N3/c1-14-5-10-6-15-7-16(10)13-11-8-2-3-9(4-8)12(11)13/h6-9,11-14H,2-5H2,1H3. The van der Waals surface area contributed by atoms with E-state index in [0.717, 1.165) is 36.3 Å². The Bertz CT molecular complexity index is 395. The first-order valence-corrected chi connectivity index (χ1v) is 6.55. The van der Waals surface area contributed by atoms with E-state index in [2.05, 4.69) is 21.2 Å². The van der Waals surface area contributed by atoms with Gasteiger partial charge in [0.25, 0.3) is 0 Å². The molecule has 1 N–H and O–H groups in total. The van der Waals surface area contributed by atoms with Gasteiger partial charge in [0.2, 0.25) is 0 Å². The highest BCUT2D eigenvalue weighted by Gasteiger charge is 2.65. The van der Waals surface area contributed by atoms with Crippen LogP contribution in [0.3, 0.4) is 0 Å². The van der Waals surface area contributed by atoms with Crippen molar-refractivity contribution >= 4 is 0 Å². The van der Waals surface area contributed by atoms with Crippen LogP contribution in [-0.2, 0) is 6.54 Å². The van der Waals surface area contributed by atoms with Gasteiger partial charge in [0.05, 0.1) is 12.0 Å². The summed E-state index contributed by atoms with van der Waals surface area (Å²) in [6.07, 6.45) is 8.60. The molecule has 0 radical (unpaired) electrons. The fourth-order valence-corrected chi connectivity index (χ4v) is 4.57. The van der Waals surface area contributed by atoms with Gasteiger partial charge < -0.3 is 9.88 Å². The van der Waals surface area contributed by atoms with E-state index in [4.69, 9.17) is 0 Å². The van der Waals surface area contributed by atoms with Gasteiger partial charge in [-0.2, -0.15) is 0 Å². The van der Waals surface area contributed by atoms with Crippen LogP contribution in [0, 0.1) is 23.7 Å². The van der Waals surface area contributed by atoms with Crippen molar-refractivity contribution < 1.29 is 0 Å². The highest BCUT2D eigenvalue weighted by Crippen LogP contribution is 2.71. The molecule has 0 aliphatic heterocycles. The summed E-state index contributed by atoms with van der Waals surface area (Å²) in [4.78, 5) is 4.32. The first-order valence-electron chi connectivity index (χ1n) is 6.55. The minimum atomic E-state index is 0.803. The molecule has 0 aromatic carbocycles. The van der Waals surface area contributed by atoms with Gasteiger partial charge >= 0.3 is 0 Å². The summed E-state index contributed by atoms with van der Waals surface area (Å²) >= 11 is 0. The van der Waals surface area contributed by atoms with Gasteiger partial charge in [-0.05, 0) is 50.0 Å². The zero-order chi connectivity index (χ0) is 10.7. The summed E-state index contributed by atoms with van der Waals surface area (Å²) in [5.74, 6) is 4.10. The highest BCUT2D eigenvalue weighted by molar-refractivity contribution is 5.18. The van der Waals surface area contributed by atoms with E-state index >= 15 is 0 Å². The number of imidazole rings is 1. The van der Waals surface area contributed by atoms with Gasteiger partial charge in [-0.3, -0.25) is 0 Å². The third kappa shape index (κ3) is 1.05. The molecule has 1 heterocycles. The Morgan fingerprint density at radius 1 is 1.38 bits per heavy atom. The van der Waals surface area contributed by atoms with E-state index in [1.165, 1.54) is 25.0 Å². The Morgan fingerprint density at radius 2 is 2.12 bits per heavy atom. The molecule has 4 unspecified atom stereocenters. The summed E-state index contributed by atoms with van der Waals surface area (Å²) < 4.78 is 2.45. The SMILES string of the molecule is CNCc1cncn1C1C2C3CCC(C3)C21. The lowest BCUT2D eigenvalue weighted by Gasteiger charge is -2.12. The van der Waals surface area contributed by atoms with Crippen LogP contribution in [0.2, 0.25) is 0 Å². The maximum absolute atomic E-state index is 4.32. The number of hydrogen-bond acceptors (Lipinski definition) is 2. The summed E-state index contributed by atoms with van der Waals surface area (Å²) in [5, 5.41) is 3.24. The quantitative estimate of drug-likeness (QED) is 0.837. The van der Waals surface area contributed by atoms with Crippen molar-refractivity contribution in [1.82, 2.24) is 14.9 Å². The molecule has 1 aromatic heterocycles. The van der Waals surface area contributed by atoms with Crippen molar-refractivity contribution in [2.24, 2.45) is 23.7 Å². The Hall–Kier alpha value is -0.830. The second-order valence-corrected chi connectivity index (χ2v) is 5.80. The van der Waals surface area contributed by atoms with Crippen molar-refractivity contribution in [3.63, 3.8) is 0 Å². The van der Waals surface area contributed by atoms with Gasteiger partial charge in [0.1, 0.15) is 0 Å². The van der Waals surface area contributed by atoms with Crippen molar-refractivity contribution in [2.75, 3.05) is 7.05 Å². The van der Waals surface area contributed by atoms with Gasteiger partial charge in [-0.1, -0.05) is 0 Å². The van der Waals surface area contributed by atoms with E-state index in [9.17, 15) is 0 Å². The molecule has 0 amide bonds. The molecular weight excluding hydrogens is 198 g/mol. The highest BCUT2D eigenvalue weighted by atomic mass is 15.1. The third-order valence-corrected chi connectivity index (χ3v) is 5.12. The molecule has 86 valence electrons. The maximum Gasteiger partial charge on any atom is 0.0951 e. The Kier molecular flexibility index (Phi) is 1.79. The normalized spacial score (nSPS) is 43.7. The van der Waals surface area contributed by atoms with Gasteiger partial charge in [0, 0.05) is 18.8 Å². The molecule has 0 saturated heterocycles. The first-order chi connectivity index (χ1) is 7.90. The largest absolute Gasteiger partial charge is 0.330 e. The number of hydrogen-bond donors (Lipinski definition) is 1. The van der Waals surface area contributed by atoms with E-state index in [-0.39, 0.29) is 0 Å².